The second-order valence-electron chi connectivity index (χ2n) is 4.38. The molecule has 1 aliphatic carbocycles. The molecule has 0 saturated heterocycles. The molecule has 1 aliphatic rings. The van der Waals surface area contributed by atoms with Gasteiger partial charge in [0.1, 0.15) is 12.4 Å². The molecule has 0 radical (unpaired) electrons. The van der Waals surface area contributed by atoms with E-state index in [9.17, 15) is 0 Å². The zero-order valence-electron chi connectivity index (χ0n) is 10.8. The molecule has 0 spiro atoms. The molecular formula is C15H19NO2. The van der Waals surface area contributed by atoms with Crippen LogP contribution in [0.4, 0.5) is 0 Å². The summed E-state index contributed by atoms with van der Waals surface area (Å²) in [5, 5.41) is 4.01. The van der Waals surface area contributed by atoms with Crippen LogP contribution in [0.25, 0.3) is 0 Å². The van der Waals surface area contributed by atoms with Crippen LogP contribution in [0.2, 0.25) is 0 Å². The van der Waals surface area contributed by atoms with Gasteiger partial charge in [-0.3, -0.25) is 0 Å². The summed E-state index contributed by atoms with van der Waals surface area (Å²) in [6.45, 7) is 0.473. The van der Waals surface area contributed by atoms with E-state index < -0.39 is 0 Å². The molecule has 0 bridgehead atoms. The Kier molecular flexibility index (Phi) is 4.82. The highest BCUT2D eigenvalue weighted by atomic mass is 16.6. The van der Waals surface area contributed by atoms with Gasteiger partial charge in [-0.25, -0.2) is 0 Å². The van der Waals surface area contributed by atoms with Crippen LogP contribution in [-0.4, -0.2) is 13.3 Å². The van der Waals surface area contributed by atoms with Crippen molar-refractivity contribution in [3.8, 4) is 5.75 Å². The number of hydrogen-bond donors (Lipinski definition) is 0. The molecule has 96 valence electrons. The Balaban J connectivity index is 1.80. The molecule has 0 aromatic heterocycles. The van der Waals surface area contributed by atoms with Gasteiger partial charge in [-0.15, -0.1) is 0 Å². The Morgan fingerprint density at radius 2 is 2.28 bits per heavy atom. The van der Waals surface area contributed by atoms with Crippen molar-refractivity contribution in [2.75, 3.05) is 7.11 Å². The van der Waals surface area contributed by atoms with E-state index in [4.69, 9.17) is 9.57 Å². The van der Waals surface area contributed by atoms with Crippen LogP contribution in [0.3, 0.4) is 0 Å². The Hall–Kier alpha value is -1.77. The molecule has 0 amide bonds. The van der Waals surface area contributed by atoms with E-state index in [1.807, 2.05) is 30.5 Å². The fourth-order valence-corrected chi connectivity index (χ4v) is 1.96. The van der Waals surface area contributed by atoms with Crippen LogP contribution >= 0.6 is 0 Å². The molecule has 3 heteroatoms. The fraction of sp³-hybridized carbons (Fsp3) is 0.400. The van der Waals surface area contributed by atoms with E-state index >= 15 is 0 Å². The van der Waals surface area contributed by atoms with Gasteiger partial charge in [-0.2, -0.15) is 0 Å². The van der Waals surface area contributed by atoms with Crippen molar-refractivity contribution in [3.05, 3.63) is 41.5 Å². The topological polar surface area (TPSA) is 30.8 Å². The lowest BCUT2D eigenvalue weighted by Crippen LogP contribution is -1.94. The van der Waals surface area contributed by atoms with Gasteiger partial charge in [0.2, 0.25) is 0 Å². The summed E-state index contributed by atoms with van der Waals surface area (Å²) < 4.78 is 5.15. The van der Waals surface area contributed by atoms with Gasteiger partial charge in [0.25, 0.3) is 0 Å². The molecule has 0 unspecified atom stereocenters. The quantitative estimate of drug-likeness (QED) is 0.585. The first kappa shape index (κ1) is 12.7. The van der Waals surface area contributed by atoms with Crippen LogP contribution in [0.5, 0.6) is 5.75 Å². The lowest BCUT2D eigenvalue weighted by Gasteiger charge is -2.07. The van der Waals surface area contributed by atoms with Gasteiger partial charge in [0, 0.05) is 0 Å². The molecule has 1 aromatic rings. The van der Waals surface area contributed by atoms with Crippen LogP contribution < -0.4 is 4.74 Å². The average molecular weight is 245 g/mol. The number of allylic oxidation sites excluding steroid dienone is 2. The first-order valence-electron chi connectivity index (χ1n) is 6.36. The number of oxime groups is 1. The van der Waals surface area contributed by atoms with Crippen LogP contribution in [0, 0.1) is 0 Å². The van der Waals surface area contributed by atoms with Crippen molar-refractivity contribution in [1.29, 1.82) is 0 Å². The van der Waals surface area contributed by atoms with E-state index in [-0.39, 0.29) is 0 Å². The first-order valence-corrected chi connectivity index (χ1v) is 6.36. The minimum Gasteiger partial charge on any atom is -0.497 e. The average Bonchev–Trinajstić information content (AvgIpc) is 2.45. The van der Waals surface area contributed by atoms with Gasteiger partial charge >= 0.3 is 0 Å². The summed E-state index contributed by atoms with van der Waals surface area (Å²) in [5.74, 6) is 0.843. The zero-order chi connectivity index (χ0) is 12.6. The Morgan fingerprint density at radius 3 is 3.06 bits per heavy atom. The number of methoxy groups -OCH3 is 1. The third-order valence-electron chi connectivity index (χ3n) is 2.98. The highest BCUT2D eigenvalue weighted by molar-refractivity contribution is 5.78. The minimum atomic E-state index is 0.473. The summed E-state index contributed by atoms with van der Waals surface area (Å²) in [6, 6.07) is 7.82. The molecule has 0 atom stereocenters. The van der Waals surface area contributed by atoms with E-state index in [1.165, 1.54) is 18.4 Å². The molecule has 0 heterocycles. The van der Waals surface area contributed by atoms with Crippen molar-refractivity contribution >= 4 is 6.21 Å². The molecule has 0 N–H and O–H groups in total. The van der Waals surface area contributed by atoms with Crippen molar-refractivity contribution < 1.29 is 9.57 Å². The predicted octanol–water partition coefficient (Wildman–Crippen LogP) is 3.70. The van der Waals surface area contributed by atoms with E-state index in [1.54, 1.807) is 7.11 Å². The Labute approximate surface area is 108 Å². The van der Waals surface area contributed by atoms with Crippen molar-refractivity contribution in [3.63, 3.8) is 0 Å². The maximum Gasteiger partial charge on any atom is 0.142 e. The van der Waals surface area contributed by atoms with Crippen molar-refractivity contribution in [2.45, 2.75) is 32.3 Å². The third-order valence-corrected chi connectivity index (χ3v) is 2.98. The van der Waals surface area contributed by atoms with Gasteiger partial charge < -0.3 is 9.57 Å². The second-order valence-corrected chi connectivity index (χ2v) is 4.38. The fourth-order valence-electron chi connectivity index (χ4n) is 1.96. The summed E-state index contributed by atoms with van der Waals surface area (Å²) in [5.41, 5.74) is 2.34. The molecule has 18 heavy (non-hydrogen) atoms. The number of benzene rings is 1. The van der Waals surface area contributed by atoms with E-state index in [2.05, 4.69) is 11.2 Å². The van der Waals surface area contributed by atoms with Crippen molar-refractivity contribution in [2.24, 2.45) is 5.16 Å². The van der Waals surface area contributed by atoms with Gasteiger partial charge in [0.05, 0.1) is 13.3 Å². The first-order chi connectivity index (χ1) is 8.88. The number of rotatable bonds is 5. The predicted molar refractivity (Wildman–Crippen MR) is 72.8 cm³/mol. The lowest BCUT2D eigenvalue weighted by atomic mass is 10.0. The van der Waals surface area contributed by atoms with Gasteiger partial charge in [-0.05, 0) is 49.0 Å². The summed E-state index contributed by atoms with van der Waals surface area (Å²) in [4.78, 5) is 5.29. The van der Waals surface area contributed by atoms with E-state index in [0.717, 1.165) is 24.2 Å². The normalized spacial score (nSPS) is 15.5. The highest BCUT2D eigenvalue weighted by Gasteiger charge is 2.00. The number of hydrogen-bond acceptors (Lipinski definition) is 3. The molecule has 2 rings (SSSR count). The van der Waals surface area contributed by atoms with Crippen molar-refractivity contribution in [1.82, 2.24) is 0 Å². The third kappa shape index (κ3) is 3.91. The Bertz CT molecular complexity index is 438. The maximum atomic E-state index is 5.29. The lowest BCUT2D eigenvalue weighted by molar-refractivity contribution is 0.132. The summed E-state index contributed by atoms with van der Waals surface area (Å²) >= 11 is 0. The molecule has 0 saturated carbocycles. The number of nitrogens with zero attached hydrogens (tertiary/aromatic N) is 1. The molecule has 0 fully saturated rings. The standard InChI is InChI=1S/C15H19NO2/c1-17-15-9-5-8-14(10-15)12-18-16-11-13-6-3-2-4-7-13/h5-6,8-11H,2-4,7,12H2,1H3. The molecule has 0 aliphatic heterocycles. The minimum absolute atomic E-state index is 0.473. The van der Waals surface area contributed by atoms with Gasteiger partial charge in [0.15, 0.2) is 0 Å². The van der Waals surface area contributed by atoms with Crippen LogP contribution in [0.15, 0.2) is 41.1 Å². The van der Waals surface area contributed by atoms with Gasteiger partial charge in [-0.1, -0.05) is 23.4 Å². The molecule has 3 nitrogen and oxygen atoms in total. The second kappa shape index (κ2) is 6.84. The molecule has 1 aromatic carbocycles. The Morgan fingerprint density at radius 1 is 1.33 bits per heavy atom. The van der Waals surface area contributed by atoms with E-state index in [0.29, 0.717) is 6.61 Å². The van der Waals surface area contributed by atoms with Crippen LogP contribution in [-0.2, 0) is 11.4 Å². The smallest absolute Gasteiger partial charge is 0.142 e. The summed E-state index contributed by atoms with van der Waals surface area (Å²) in [7, 11) is 1.66. The summed E-state index contributed by atoms with van der Waals surface area (Å²) in [6.07, 6.45) is 8.90. The number of ether oxygens (including phenoxy) is 1. The zero-order valence-corrected chi connectivity index (χ0v) is 10.8. The highest BCUT2D eigenvalue weighted by Crippen LogP contribution is 2.16. The SMILES string of the molecule is COc1cccc(CON=CC2=CCCCC2)c1. The largest absolute Gasteiger partial charge is 0.497 e. The maximum absolute atomic E-state index is 5.29. The van der Waals surface area contributed by atoms with Crippen LogP contribution in [0.1, 0.15) is 31.2 Å². The monoisotopic (exact) mass is 245 g/mol. The molecular weight excluding hydrogens is 226 g/mol.